The Morgan fingerprint density at radius 1 is 1.05 bits per heavy atom. The van der Waals surface area contributed by atoms with Crippen molar-refractivity contribution in [1.82, 2.24) is 4.98 Å². The molecular weight excluding hydrogens is 531 g/mol. The summed E-state index contributed by atoms with van der Waals surface area (Å²) in [6, 6.07) is 5.21. The van der Waals surface area contributed by atoms with Crippen LogP contribution in [0.15, 0.2) is 30.6 Å². The monoisotopic (exact) mass is 577 g/mol. The molecule has 222 valence electrons. The van der Waals surface area contributed by atoms with Crippen LogP contribution in [0.25, 0.3) is 11.1 Å². The molecule has 1 atom stereocenters. The molecule has 10 heteroatoms. The SMILES string of the molecule is CCOc1c(OC)ccc(-c2cncc(C(CO[Si](C)(C)C(C)(C)C)CB3OC(C)(C)C(C)(C)O3)c2)c1C(F)F. The summed E-state index contributed by atoms with van der Waals surface area (Å²) in [5.41, 5.74) is 0.664. The lowest BCUT2D eigenvalue weighted by atomic mass is 9.75. The Hall–Kier alpha value is -2.01. The van der Waals surface area contributed by atoms with E-state index in [1.165, 1.54) is 7.11 Å². The highest BCUT2D eigenvalue weighted by atomic mass is 28.4. The van der Waals surface area contributed by atoms with Gasteiger partial charge in [0.1, 0.15) is 0 Å². The smallest absolute Gasteiger partial charge is 0.458 e. The molecule has 0 aliphatic carbocycles. The van der Waals surface area contributed by atoms with Gasteiger partial charge in [-0.2, -0.15) is 0 Å². The highest BCUT2D eigenvalue weighted by Crippen LogP contribution is 2.45. The van der Waals surface area contributed by atoms with Crippen LogP contribution in [0.5, 0.6) is 11.5 Å². The van der Waals surface area contributed by atoms with E-state index >= 15 is 0 Å². The fourth-order valence-electron chi connectivity index (χ4n) is 4.45. The van der Waals surface area contributed by atoms with Gasteiger partial charge in [0.15, 0.2) is 19.8 Å². The minimum absolute atomic E-state index is 0.0347. The number of hydrogen-bond acceptors (Lipinski definition) is 6. The molecule has 6 nitrogen and oxygen atoms in total. The van der Waals surface area contributed by atoms with Crippen molar-refractivity contribution in [2.24, 2.45) is 0 Å². The lowest BCUT2D eigenvalue weighted by Crippen LogP contribution is -2.42. The number of aromatic nitrogens is 1. The predicted octanol–water partition coefficient (Wildman–Crippen LogP) is 8.29. The van der Waals surface area contributed by atoms with Crippen LogP contribution in [-0.4, -0.2) is 51.9 Å². The first-order valence-corrected chi connectivity index (χ1v) is 16.9. The van der Waals surface area contributed by atoms with E-state index < -0.39 is 33.1 Å². The first kappa shape index (κ1) is 32.5. The largest absolute Gasteiger partial charge is 0.493 e. The summed E-state index contributed by atoms with van der Waals surface area (Å²) in [5, 5.41) is 0.0347. The van der Waals surface area contributed by atoms with Gasteiger partial charge in [-0.25, -0.2) is 8.78 Å². The fraction of sp³-hybridized carbons (Fsp3) is 0.633. The molecule has 1 aromatic heterocycles. The average Bonchev–Trinajstić information content (AvgIpc) is 3.06. The van der Waals surface area contributed by atoms with E-state index in [1.54, 1.807) is 31.5 Å². The van der Waals surface area contributed by atoms with Crippen LogP contribution in [-0.2, 0) is 13.7 Å². The van der Waals surface area contributed by atoms with Crippen LogP contribution in [0.1, 0.15) is 78.9 Å². The summed E-state index contributed by atoms with van der Waals surface area (Å²) in [7, 11) is -1.07. The van der Waals surface area contributed by atoms with Crippen molar-refractivity contribution in [1.29, 1.82) is 0 Å². The van der Waals surface area contributed by atoms with Gasteiger partial charge < -0.3 is 23.2 Å². The van der Waals surface area contributed by atoms with Crippen LogP contribution in [0.4, 0.5) is 8.78 Å². The number of halogens is 2. The summed E-state index contributed by atoms with van der Waals surface area (Å²) in [6.45, 7) is 21.6. The molecule has 1 fully saturated rings. The van der Waals surface area contributed by atoms with Crippen molar-refractivity contribution in [3.63, 3.8) is 0 Å². The van der Waals surface area contributed by atoms with Gasteiger partial charge in [0.2, 0.25) is 0 Å². The second-order valence-electron chi connectivity index (χ2n) is 13.0. The van der Waals surface area contributed by atoms with Gasteiger partial charge in [-0.1, -0.05) is 20.8 Å². The molecule has 1 aliphatic rings. The number of rotatable bonds is 11. The molecule has 1 saturated heterocycles. The predicted molar refractivity (Wildman–Crippen MR) is 159 cm³/mol. The quantitative estimate of drug-likeness (QED) is 0.251. The zero-order chi connectivity index (χ0) is 30.1. The number of benzene rings is 1. The minimum atomic E-state index is -2.77. The molecule has 40 heavy (non-hydrogen) atoms. The number of methoxy groups -OCH3 is 1. The van der Waals surface area contributed by atoms with Crippen molar-refractivity contribution >= 4 is 15.4 Å². The third kappa shape index (κ3) is 6.89. The molecule has 0 amide bonds. The first-order chi connectivity index (χ1) is 18.4. The van der Waals surface area contributed by atoms with Gasteiger partial charge in [-0.3, -0.25) is 4.98 Å². The van der Waals surface area contributed by atoms with E-state index in [0.29, 0.717) is 24.1 Å². The van der Waals surface area contributed by atoms with E-state index in [0.717, 1.165) is 5.56 Å². The second kappa shape index (κ2) is 12.1. The highest BCUT2D eigenvalue weighted by molar-refractivity contribution is 6.74. The third-order valence-corrected chi connectivity index (χ3v) is 13.2. The Bertz CT molecular complexity index is 1150. The maximum Gasteiger partial charge on any atom is 0.458 e. The number of nitrogens with zero attached hydrogens (tertiary/aromatic N) is 1. The topological polar surface area (TPSA) is 59.0 Å². The zero-order valence-electron chi connectivity index (χ0n) is 26.0. The molecule has 2 heterocycles. The zero-order valence-corrected chi connectivity index (χ0v) is 27.0. The van der Waals surface area contributed by atoms with Crippen molar-refractivity contribution in [2.75, 3.05) is 20.3 Å². The first-order valence-electron chi connectivity index (χ1n) is 14.0. The normalized spacial score (nSPS) is 17.8. The van der Waals surface area contributed by atoms with Crippen molar-refractivity contribution < 1.29 is 32.0 Å². The van der Waals surface area contributed by atoms with E-state index in [9.17, 15) is 8.78 Å². The van der Waals surface area contributed by atoms with Crippen LogP contribution < -0.4 is 9.47 Å². The Kier molecular flexibility index (Phi) is 9.81. The van der Waals surface area contributed by atoms with E-state index in [1.807, 2.05) is 33.8 Å². The lowest BCUT2D eigenvalue weighted by molar-refractivity contribution is 0.00578. The molecule has 0 radical (unpaired) electrons. The number of pyridine rings is 1. The van der Waals surface area contributed by atoms with Crippen molar-refractivity contribution in [3.05, 3.63) is 41.7 Å². The van der Waals surface area contributed by atoms with Gasteiger partial charge in [0, 0.05) is 30.5 Å². The Morgan fingerprint density at radius 3 is 2.20 bits per heavy atom. The summed E-state index contributed by atoms with van der Waals surface area (Å²) >= 11 is 0. The van der Waals surface area contributed by atoms with Gasteiger partial charge in [-0.05, 0) is 88.4 Å². The van der Waals surface area contributed by atoms with Crippen molar-refractivity contribution in [2.45, 2.75) is 103 Å². The van der Waals surface area contributed by atoms with E-state index in [-0.39, 0.29) is 34.6 Å². The van der Waals surface area contributed by atoms with Gasteiger partial charge >= 0.3 is 7.12 Å². The molecule has 0 spiro atoms. The number of alkyl halides is 2. The van der Waals surface area contributed by atoms with Crippen LogP contribution in [0.3, 0.4) is 0 Å². The molecule has 1 unspecified atom stereocenters. The number of ether oxygens (including phenoxy) is 2. The maximum absolute atomic E-state index is 14.4. The summed E-state index contributed by atoms with van der Waals surface area (Å²) in [4.78, 5) is 4.48. The van der Waals surface area contributed by atoms with Gasteiger partial charge in [0.05, 0.1) is 30.5 Å². The molecular formula is C30H46BF2NO5Si. The lowest BCUT2D eigenvalue weighted by Gasteiger charge is -2.37. The van der Waals surface area contributed by atoms with Gasteiger partial charge in [0.25, 0.3) is 6.43 Å². The van der Waals surface area contributed by atoms with Crippen molar-refractivity contribution in [3.8, 4) is 22.6 Å². The highest BCUT2D eigenvalue weighted by Gasteiger charge is 2.51. The standard InChI is InChI=1S/C30H46BF2NO5Si/c1-12-36-26-24(35-9)14-13-23(25(26)27(32)33)21-15-20(17-34-18-21)22(19-37-40(10,11)28(2,3)4)16-31-38-29(5,6)30(7,8)39-31/h13-15,17-18,22,27H,12,16,19H2,1-11H3. The molecule has 1 aliphatic heterocycles. The Labute approximate surface area is 240 Å². The van der Waals surface area contributed by atoms with Crippen LogP contribution in [0, 0.1) is 0 Å². The summed E-state index contributed by atoms with van der Waals surface area (Å²) in [6.07, 6.45) is 1.16. The molecule has 2 aromatic rings. The van der Waals surface area contributed by atoms with Crippen LogP contribution in [0.2, 0.25) is 24.5 Å². The van der Waals surface area contributed by atoms with E-state index in [4.69, 9.17) is 23.2 Å². The molecule has 1 aromatic carbocycles. The Balaban J connectivity index is 2.04. The second-order valence-corrected chi connectivity index (χ2v) is 17.8. The fourth-order valence-corrected chi connectivity index (χ4v) is 5.50. The van der Waals surface area contributed by atoms with Gasteiger partial charge in [-0.15, -0.1) is 0 Å². The van der Waals surface area contributed by atoms with E-state index in [2.05, 4.69) is 38.8 Å². The van der Waals surface area contributed by atoms with Crippen LogP contribution >= 0.6 is 0 Å². The number of hydrogen-bond donors (Lipinski definition) is 0. The average molecular weight is 578 g/mol. The maximum atomic E-state index is 14.4. The molecule has 3 rings (SSSR count). The molecule has 0 saturated carbocycles. The third-order valence-electron chi connectivity index (χ3n) is 8.66. The summed E-state index contributed by atoms with van der Waals surface area (Å²) in [5.74, 6) is 0.195. The minimum Gasteiger partial charge on any atom is -0.493 e. The Morgan fingerprint density at radius 2 is 1.68 bits per heavy atom. The summed E-state index contributed by atoms with van der Waals surface area (Å²) < 4.78 is 59.2. The molecule has 0 N–H and O–H groups in total. The molecule has 0 bridgehead atoms.